The standard InChI is InChI=1S/C20H22N3O8PS2/c1-20(34(2,29)30,19(25)22-31-32(26,27)28)8-11-23-10-7-16(13-17(23)24)14-3-5-15(6-4-14)18-21-9-12-33-18/h3-7,9-10,12-13H,8,11H2,1-2H3,(H,22,25)(H2,26,27,28)/p-2/t20-/m1/s1. The molecule has 0 aliphatic heterocycles. The molecule has 182 valence electrons. The summed E-state index contributed by atoms with van der Waals surface area (Å²) in [5, 5.41) is 2.75. The van der Waals surface area contributed by atoms with Gasteiger partial charge in [0.2, 0.25) is 0 Å². The van der Waals surface area contributed by atoms with Crippen molar-refractivity contribution in [3.05, 3.63) is 64.5 Å². The second kappa shape index (κ2) is 9.90. The van der Waals surface area contributed by atoms with Crippen molar-refractivity contribution in [2.75, 3.05) is 6.26 Å². The quantitative estimate of drug-likeness (QED) is 0.312. The van der Waals surface area contributed by atoms with Gasteiger partial charge >= 0.3 is 0 Å². The highest BCUT2D eigenvalue weighted by atomic mass is 32.2. The number of pyridine rings is 1. The zero-order valence-electron chi connectivity index (χ0n) is 18.0. The molecule has 1 amide bonds. The van der Waals surface area contributed by atoms with Gasteiger partial charge in [-0.1, -0.05) is 24.3 Å². The van der Waals surface area contributed by atoms with Gasteiger partial charge in [-0.2, -0.15) is 0 Å². The number of hydroxylamine groups is 1. The Kier molecular flexibility index (Phi) is 7.56. The molecule has 2 heterocycles. The second-order valence-electron chi connectivity index (χ2n) is 7.58. The van der Waals surface area contributed by atoms with Gasteiger partial charge in [0.05, 0.1) is 7.82 Å². The molecular weight excluding hydrogens is 505 g/mol. The third-order valence-electron chi connectivity index (χ3n) is 5.27. The monoisotopic (exact) mass is 525 g/mol. The minimum Gasteiger partial charge on any atom is -0.788 e. The normalized spacial score (nSPS) is 13.9. The zero-order valence-corrected chi connectivity index (χ0v) is 20.6. The average Bonchev–Trinajstić information content (AvgIpc) is 3.30. The third kappa shape index (κ3) is 6.06. The molecule has 34 heavy (non-hydrogen) atoms. The van der Waals surface area contributed by atoms with Crippen molar-refractivity contribution in [2.24, 2.45) is 0 Å². The molecule has 0 spiro atoms. The van der Waals surface area contributed by atoms with Crippen LogP contribution in [0.4, 0.5) is 0 Å². The van der Waals surface area contributed by atoms with Crippen molar-refractivity contribution in [3.63, 3.8) is 0 Å². The predicted octanol–water partition coefficient (Wildman–Crippen LogP) is 0.709. The summed E-state index contributed by atoms with van der Waals surface area (Å²) in [7, 11) is -9.66. The van der Waals surface area contributed by atoms with E-state index in [-0.39, 0.29) is 13.0 Å². The molecule has 3 rings (SSSR count). The summed E-state index contributed by atoms with van der Waals surface area (Å²) in [6.07, 6.45) is 3.57. The van der Waals surface area contributed by atoms with Gasteiger partial charge in [-0.25, -0.2) is 23.5 Å². The lowest BCUT2D eigenvalue weighted by Crippen LogP contribution is -2.51. The van der Waals surface area contributed by atoms with Crippen molar-refractivity contribution in [1.29, 1.82) is 0 Å². The van der Waals surface area contributed by atoms with Crippen LogP contribution in [0, 0.1) is 0 Å². The number of sulfone groups is 1. The van der Waals surface area contributed by atoms with E-state index in [9.17, 15) is 32.4 Å². The lowest BCUT2D eigenvalue weighted by Gasteiger charge is -2.31. The Morgan fingerprint density at radius 1 is 1.21 bits per heavy atom. The zero-order chi connectivity index (χ0) is 25.1. The number of nitrogens with zero attached hydrogens (tertiary/aromatic N) is 2. The first-order chi connectivity index (χ1) is 15.8. The summed E-state index contributed by atoms with van der Waals surface area (Å²) >= 11 is 1.51. The summed E-state index contributed by atoms with van der Waals surface area (Å²) < 4.78 is 37.9. The molecule has 0 saturated carbocycles. The topological polar surface area (TPSA) is 171 Å². The van der Waals surface area contributed by atoms with E-state index in [0.717, 1.165) is 29.3 Å². The Hall–Kier alpha value is -2.67. The Labute approximate surface area is 199 Å². The largest absolute Gasteiger partial charge is 0.788 e. The van der Waals surface area contributed by atoms with Gasteiger partial charge in [0, 0.05) is 42.2 Å². The first kappa shape index (κ1) is 25.9. The number of aromatic nitrogens is 2. The Morgan fingerprint density at radius 3 is 2.38 bits per heavy atom. The maximum atomic E-state index is 12.6. The summed E-state index contributed by atoms with van der Waals surface area (Å²) in [5.41, 5.74) is 3.32. The van der Waals surface area contributed by atoms with Gasteiger partial charge in [-0.3, -0.25) is 9.59 Å². The molecular formula is C20H20N3O8PS2-2. The summed E-state index contributed by atoms with van der Waals surface area (Å²) in [5.74, 6) is -1.34. The van der Waals surface area contributed by atoms with Crippen molar-refractivity contribution in [1.82, 2.24) is 15.0 Å². The molecule has 0 bridgehead atoms. The fraction of sp³-hybridized carbons (Fsp3) is 0.250. The van der Waals surface area contributed by atoms with Crippen LogP contribution in [-0.2, 0) is 30.4 Å². The molecule has 0 radical (unpaired) electrons. The number of nitrogens with one attached hydrogen (secondary N) is 1. The Bertz CT molecular complexity index is 1380. The maximum Gasteiger partial charge on any atom is 0.265 e. The highest BCUT2D eigenvalue weighted by Crippen LogP contribution is 2.27. The van der Waals surface area contributed by atoms with E-state index in [1.54, 1.807) is 12.3 Å². The van der Waals surface area contributed by atoms with Gasteiger partial charge in [0.25, 0.3) is 11.5 Å². The van der Waals surface area contributed by atoms with Crippen LogP contribution in [0.5, 0.6) is 0 Å². The van der Waals surface area contributed by atoms with Crippen LogP contribution in [-0.4, -0.2) is 34.9 Å². The van der Waals surface area contributed by atoms with Crippen LogP contribution in [0.2, 0.25) is 0 Å². The van der Waals surface area contributed by atoms with Crippen molar-refractivity contribution in [3.8, 4) is 21.7 Å². The first-order valence-electron chi connectivity index (χ1n) is 9.72. The number of aryl methyl sites for hydroxylation is 1. The SMILES string of the molecule is C[C@@](CCn1ccc(-c2ccc(-c3nccs3)cc2)cc1=O)(C(=O)NOP(=O)([O-])[O-])S(C)(=O)=O. The molecule has 1 N–H and O–H groups in total. The summed E-state index contributed by atoms with van der Waals surface area (Å²) in [4.78, 5) is 50.4. The minimum atomic E-state index is -5.56. The number of amides is 1. The molecule has 2 aromatic heterocycles. The van der Waals surface area contributed by atoms with Gasteiger partial charge in [0.1, 0.15) is 5.01 Å². The third-order valence-corrected chi connectivity index (χ3v) is 8.44. The van der Waals surface area contributed by atoms with Crippen LogP contribution in [0.1, 0.15) is 13.3 Å². The molecule has 0 aliphatic rings. The number of thiazole rings is 1. The molecule has 0 fully saturated rings. The van der Waals surface area contributed by atoms with Crippen molar-refractivity contribution in [2.45, 2.75) is 24.6 Å². The number of carbonyl (C=O) groups is 1. The van der Waals surface area contributed by atoms with Gasteiger partial charge in [-0.15, -0.1) is 11.3 Å². The average molecular weight is 526 g/mol. The van der Waals surface area contributed by atoms with Gasteiger partial charge in [-0.05, 0) is 30.5 Å². The number of rotatable bonds is 9. The van der Waals surface area contributed by atoms with E-state index in [2.05, 4.69) is 9.61 Å². The summed E-state index contributed by atoms with van der Waals surface area (Å²) in [6.45, 7) is 0.871. The molecule has 11 nitrogen and oxygen atoms in total. The number of phosphoric acid groups is 1. The highest BCUT2D eigenvalue weighted by Gasteiger charge is 2.43. The van der Waals surface area contributed by atoms with Crippen LogP contribution < -0.4 is 20.8 Å². The van der Waals surface area contributed by atoms with E-state index < -0.39 is 33.9 Å². The fourth-order valence-electron chi connectivity index (χ4n) is 3.05. The number of hydrogen-bond acceptors (Lipinski definition) is 10. The molecule has 0 aliphatic carbocycles. The highest BCUT2D eigenvalue weighted by molar-refractivity contribution is 7.92. The van der Waals surface area contributed by atoms with Crippen LogP contribution >= 0.6 is 19.2 Å². The van der Waals surface area contributed by atoms with E-state index in [4.69, 9.17) is 0 Å². The lowest BCUT2D eigenvalue weighted by molar-refractivity contribution is -0.345. The molecule has 0 saturated heterocycles. The van der Waals surface area contributed by atoms with Crippen molar-refractivity contribution >= 4 is 34.9 Å². The first-order valence-corrected chi connectivity index (χ1v) is 13.9. The molecule has 0 unspecified atom stereocenters. The molecule has 14 heteroatoms. The predicted molar refractivity (Wildman–Crippen MR) is 122 cm³/mol. The van der Waals surface area contributed by atoms with E-state index in [1.807, 2.05) is 29.6 Å². The maximum absolute atomic E-state index is 12.6. The van der Waals surface area contributed by atoms with Crippen LogP contribution in [0.3, 0.4) is 0 Å². The van der Waals surface area contributed by atoms with Crippen LogP contribution in [0.15, 0.2) is 59.0 Å². The van der Waals surface area contributed by atoms with E-state index >= 15 is 0 Å². The Morgan fingerprint density at radius 2 is 1.85 bits per heavy atom. The smallest absolute Gasteiger partial charge is 0.265 e. The summed E-state index contributed by atoms with van der Waals surface area (Å²) in [6, 6.07) is 10.5. The van der Waals surface area contributed by atoms with Crippen LogP contribution in [0.25, 0.3) is 21.7 Å². The molecule has 1 aromatic carbocycles. The molecule has 1 atom stereocenters. The van der Waals surface area contributed by atoms with Crippen molar-refractivity contribution < 1.29 is 32.2 Å². The van der Waals surface area contributed by atoms with E-state index in [1.165, 1.54) is 33.6 Å². The number of benzene rings is 1. The van der Waals surface area contributed by atoms with E-state index in [0.29, 0.717) is 5.56 Å². The van der Waals surface area contributed by atoms with Gasteiger partial charge in [0.15, 0.2) is 14.6 Å². The molecule has 3 aromatic rings. The number of hydrogen-bond donors (Lipinski definition) is 1. The van der Waals surface area contributed by atoms with Gasteiger partial charge < -0.3 is 18.9 Å². The lowest BCUT2D eigenvalue weighted by atomic mass is 10.0. The fourth-order valence-corrected chi connectivity index (χ4v) is 4.73. The number of carbonyl (C=O) groups excluding carboxylic acids is 1. The Balaban J connectivity index is 1.77. The minimum absolute atomic E-state index is 0.175. The second-order valence-corrected chi connectivity index (χ2v) is 12.0.